The fourth-order valence-corrected chi connectivity index (χ4v) is 3.51. The Morgan fingerprint density at radius 1 is 1.33 bits per heavy atom. The lowest BCUT2D eigenvalue weighted by Gasteiger charge is -2.38. The number of carbonyl (C=O) groups excluding carboxylic acids is 1. The molecule has 1 N–H and O–H groups in total. The fourth-order valence-electron chi connectivity index (χ4n) is 3.51. The first-order valence-electron chi connectivity index (χ1n) is 9.32. The molecule has 24 heavy (non-hydrogen) atoms. The highest BCUT2D eigenvalue weighted by molar-refractivity contribution is 5.78. The van der Waals surface area contributed by atoms with E-state index in [0.717, 1.165) is 26.1 Å². The zero-order valence-electron chi connectivity index (χ0n) is 14.7. The van der Waals surface area contributed by atoms with E-state index < -0.39 is 0 Å². The standard InChI is InChI=1S/C18H30N4O2/c1-15-10-20-22(11-15)16-12-21(13-16)14-18(23)19-8-5-9-24-17-6-3-2-4-7-17/h10-11,16-17H,2-9,12-14H2,1H3,(H,19,23). The second-order valence-electron chi connectivity index (χ2n) is 7.18. The molecule has 134 valence electrons. The van der Waals surface area contributed by atoms with Crippen molar-refractivity contribution in [3.05, 3.63) is 18.0 Å². The van der Waals surface area contributed by atoms with Crippen LogP contribution in [0.2, 0.25) is 0 Å². The number of ether oxygens (including phenoxy) is 1. The van der Waals surface area contributed by atoms with Gasteiger partial charge in [0.25, 0.3) is 0 Å². The minimum Gasteiger partial charge on any atom is -0.378 e. The molecule has 1 amide bonds. The van der Waals surface area contributed by atoms with Gasteiger partial charge in [-0.2, -0.15) is 5.10 Å². The first-order valence-corrected chi connectivity index (χ1v) is 9.32. The molecule has 1 saturated heterocycles. The summed E-state index contributed by atoms with van der Waals surface area (Å²) in [4.78, 5) is 14.1. The van der Waals surface area contributed by atoms with Crippen LogP contribution in [0.3, 0.4) is 0 Å². The summed E-state index contributed by atoms with van der Waals surface area (Å²) in [7, 11) is 0. The summed E-state index contributed by atoms with van der Waals surface area (Å²) in [6.07, 6.45) is 11.7. The van der Waals surface area contributed by atoms with Crippen molar-refractivity contribution in [3.8, 4) is 0 Å². The van der Waals surface area contributed by atoms with Crippen LogP contribution in [-0.4, -0.2) is 59.5 Å². The van der Waals surface area contributed by atoms with Gasteiger partial charge in [-0.25, -0.2) is 0 Å². The molecule has 2 aliphatic rings. The van der Waals surface area contributed by atoms with E-state index in [1.807, 2.05) is 17.8 Å². The van der Waals surface area contributed by atoms with Gasteiger partial charge < -0.3 is 10.1 Å². The normalized spacial score (nSPS) is 20.0. The third kappa shape index (κ3) is 5.05. The molecule has 0 unspecified atom stereocenters. The lowest BCUT2D eigenvalue weighted by molar-refractivity contribution is -0.123. The van der Waals surface area contributed by atoms with E-state index in [4.69, 9.17) is 4.74 Å². The van der Waals surface area contributed by atoms with E-state index in [2.05, 4.69) is 21.5 Å². The number of nitrogens with one attached hydrogen (secondary N) is 1. The molecule has 6 heteroatoms. The van der Waals surface area contributed by atoms with Gasteiger partial charge in [0, 0.05) is 32.4 Å². The summed E-state index contributed by atoms with van der Waals surface area (Å²) in [6, 6.07) is 0.412. The summed E-state index contributed by atoms with van der Waals surface area (Å²) in [6.45, 7) is 5.81. The SMILES string of the molecule is Cc1cnn(C2CN(CC(=O)NCCCOC3CCCCC3)C2)c1. The van der Waals surface area contributed by atoms with E-state index in [-0.39, 0.29) is 5.91 Å². The fraction of sp³-hybridized carbons (Fsp3) is 0.778. The highest BCUT2D eigenvalue weighted by Crippen LogP contribution is 2.21. The molecule has 0 radical (unpaired) electrons. The number of hydrogen-bond acceptors (Lipinski definition) is 4. The van der Waals surface area contributed by atoms with Crippen molar-refractivity contribution in [1.29, 1.82) is 0 Å². The maximum absolute atomic E-state index is 11.9. The number of nitrogens with zero attached hydrogens (tertiary/aromatic N) is 3. The summed E-state index contributed by atoms with van der Waals surface area (Å²) in [5, 5.41) is 7.33. The van der Waals surface area contributed by atoms with Crippen molar-refractivity contribution in [2.45, 2.75) is 57.6 Å². The third-order valence-corrected chi connectivity index (χ3v) is 4.96. The molecule has 0 bridgehead atoms. The lowest BCUT2D eigenvalue weighted by atomic mass is 9.98. The molecule has 0 atom stereocenters. The maximum Gasteiger partial charge on any atom is 0.234 e. The van der Waals surface area contributed by atoms with Crippen LogP contribution in [0.4, 0.5) is 0 Å². The van der Waals surface area contributed by atoms with Crippen LogP contribution in [0.25, 0.3) is 0 Å². The van der Waals surface area contributed by atoms with Gasteiger partial charge in [-0.15, -0.1) is 0 Å². The Balaban J connectivity index is 1.21. The van der Waals surface area contributed by atoms with Crippen LogP contribution in [0, 0.1) is 6.92 Å². The highest BCUT2D eigenvalue weighted by atomic mass is 16.5. The van der Waals surface area contributed by atoms with Crippen molar-refractivity contribution in [1.82, 2.24) is 20.0 Å². The van der Waals surface area contributed by atoms with Gasteiger partial charge in [-0.3, -0.25) is 14.4 Å². The summed E-state index contributed by atoms with van der Waals surface area (Å²) >= 11 is 0. The predicted octanol–water partition coefficient (Wildman–Crippen LogP) is 1.90. The Morgan fingerprint density at radius 2 is 2.12 bits per heavy atom. The lowest BCUT2D eigenvalue weighted by Crippen LogP contribution is -2.51. The molecule has 1 aromatic rings. The Labute approximate surface area is 144 Å². The second-order valence-corrected chi connectivity index (χ2v) is 7.18. The Kier molecular flexibility index (Phi) is 6.26. The zero-order valence-corrected chi connectivity index (χ0v) is 14.7. The first-order chi connectivity index (χ1) is 11.7. The largest absolute Gasteiger partial charge is 0.378 e. The minimum atomic E-state index is 0.114. The molecule has 0 spiro atoms. The molecular formula is C18H30N4O2. The summed E-state index contributed by atoms with van der Waals surface area (Å²) in [5.74, 6) is 0.114. The molecule has 1 aliphatic heterocycles. The van der Waals surface area contributed by atoms with Crippen LogP contribution in [-0.2, 0) is 9.53 Å². The summed E-state index contributed by atoms with van der Waals surface area (Å²) < 4.78 is 7.88. The molecule has 1 aliphatic carbocycles. The highest BCUT2D eigenvalue weighted by Gasteiger charge is 2.29. The molecule has 2 fully saturated rings. The third-order valence-electron chi connectivity index (χ3n) is 4.96. The maximum atomic E-state index is 11.9. The molecule has 1 aromatic heterocycles. The average Bonchev–Trinajstić information content (AvgIpc) is 2.97. The van der Waals surface area contributed by atoms with Crippen molar-refractivity contribution in [2.24, 2.45) is 0 Å². The molecule has 0 aromatic carbocycles. The van der Waals surface area contributed by atoms with Crippen LogP contribution < -0.4 is 5.32 Å². The van der Waals surface area contributed by atoms with E-state index in [0.29, 0.717) is 25.2 Å². The van der Waals surface area contributed by atoms with Crippen molar-refractivity contribution >= 4 is 5.91 Å². The Bertz CT molecular complexity index is 519. The summed E-state index contributed by atoms with van der Waals surface area (Å²) in [5.41, 5.74) is 1.18. The van der Waals surface area contributed by atoms with Gasteiger partial charge in [0.15, 0.2) is 0 Å². The molecule has 1 saturated carbocycles. The van der Waals surface area contributed by atoms with E-state index >= 15 is 0 Å². The number of likely N-dealkylation sites (tertiary alicyclic amines) is 1. The number of rotatable bonds is 8. The number of hydrogen-bond donors (Lipinski definition) is 1. The van der Waals surface area contributed by atoms with Gasteiger partial charge in [0.2, 0.25) is 5.91 Å². The number of aromatic nitrogens is 2. The monoisotopic (exact) mass is 334 g/mol. The van der Waals surface area contributed by atoms with Gasteiger partial charge in [0.1, 0.15) is 0 Å². The zero-order chi connectivity index (χ0) is 16.8. The minimum absolute atomic E-state index is 0.114. The van der Waals surface area contributed by atoms with Gasteiger partial charge in [-0.1, -0.05) is 19.3 Å². The number of carbonyl (C=O) groups is 1. The van der Waals surface area contributed by atoms with E-state index in [9.17, 15) is 4.79 Å². The predicted molar refractivity (Wildman–Crippen MR) is 92.9 cm³/mol. The second kappa shape index (κ2) is 8.62. The van der Waals surface area contributed by atoms with Crippen molar-refractivity contribution in [2.75, 3.05) is 32.8 Å². The van der Waals surface area contributed by atoms with Gasteiger partial charge in [-0.05, 0) is 31.7 Å². The number of aryl methyl sites for hydroxylation is 1. The topological polar surface area (TPSA) is 59.4 Å². The molecular weight excluding hydrogens is 304 g/mol. The average molecular weight is 334 g/mol. The van der Waals surface area contributed by atoms with E-state index in [1.54, 1.807) is 0 Å². The Hall–Kier alpha value is -1.40. The van der Waals surface area contributed by atoms with E-state index in [1.165, 1.54) is 37.7 Å². The van der Waals surface area contributed by atoms with Gasteiger partial charge >= 0.3 is 0 Å². The molecule has 6 nitrogen and oxygen atoms in total. The van der Waals surface area contributed by atoms with Crippen molar-refractivity contribution < 1.29 is 9.53 Å². The van der Waals surface area contributed by atoms with Crippen LogP contribution >= 0.6 is 0 Å². The van der Waals surface area contributed by atoms with Gasteiger partial charge in [0.05, 0.1) is 24.9 Å². The number of amides is 1. The first kappa shape index (κ1) is 17.4. The molecule has 3 rings (SSSR count). The van der Waals surface area contributed by atoms with Crippen molar-refractivity contribution in [3.63, 3.8) is 0 Å². The van der Waals surface area contributed by atoms with Crippen LogP contribution in [0.5, 0.6) is 0 Å². The smallest absolute Gasteiger partial charge is 0.234 e. The Morgan fingerprint density at radius 3 is 2.83 bits per heavy atom. The van der Waals surface area contributed by atoms with Crippen LogP contribution in [0.15, 0.2) is 12.4 Å². The molecule has 2 heterocycles. The quantitative estimate of drug-likeness (QED) is 0.738. The van der Waals surface area contributed by atoms with Crippen LogP contribution in [0.1, 0.15) is 50.1 Å².